The molecule has 2 heterocycles. The molecule has 0 unspecified atom stereocenters. The van der Waals surface area contributed by atoms with E-state index in [0.717, 1.165) is 14.1 Å². The molecule has 260 valence electrons. The van der Waals surface area contributed by atoms with E-state index in [1.54, 1.807) is 0 Å². The molecule has 0 saturated heterocycles. The Morgan fingerprint density at radius 3 is 1.00 bits per heavy atom. The minimum absolute atomic E-state index is 0.00654. The van der Waals surface area contributed by atoms with Gasteiger partial charge < -0.3 is 18.9 Å². The van der Waals surface area contributed by atoms with Crippen LogP contribution in [0.3, 0.4) is 0 Å². The van der Waals surface area contributed by atoms with Gasteiger partial charge in [-0.3, -0.25) is 10.6 Å². The first-order chi connectivity index (χ1) is 21.0. The van der Waals surface area contributed by atoms with Gasteiger partial charge in [0.15, 0.2) is 0 Å². The van der Waals surface area contributed by atoms with Crippen LogP contribution in [0.15, 0.2) is 12.1 Å². The number of urea groups is 2. The number of rotatable bonds is 12. The van der Waals surface area contributed by atoms with Crippen molar-refractivity contribution in [3.63, 3.8) is 0 Å². The maximum absolute atomic E-state index is 11.7. The molecule has 0 saturated carbocycles. The van der Waals surface area contributed by atoms with Crippen molar-refractivity contribution in [2.75, 3.05) is 65.7 Å². The topological polar surface area (TPSA) is 314 Å². The normalized spacial score (nSPS) is 11.9. The summed E-state index contributed by atoms with van der Waals surface area (Å²) < 4.78 is 114. The molecule has 2 aromatic rings. The van der Waals surface area contributed by atoms with Crippen molar-refractivity contribution >= 4 is 64.4 Å². The second-order valence-electron chi connectivity index (χ2n) is 7.96. The number of hydrogen-bond donors (Lipinski definition) is 4. The fourth-order valence-electron chi connectivity index (χ4n) is 2.31. The monoisotopic (exact) mass is 738 g/mol. The van der Waals surface area contributed by atoms with E-state index >= 15 is 0 Å². The van der Waals surface area contributed by atoms with Crippen LogP contribution in [0, 0.1) is 0 Å². The van der Waals surface area contributed by atoms with E-state index in [9.17, 15) is 43.3 Å². The molecule has 0 atom stereocenters. The molecule has 2 aromatic heterocycles. The first-order valence-electron chi connectivity index (χ1n) is 11.5. The maximum atomic E-state index is 11.7. The second-order valence-corrected chi connectivity index (χ2v) is 15.9. The van der Waals surface area contributed by atoms with E-state index < -0.39 is 52.5 Å². The third kappa shape index (κ3) is 12.2. The van der Waals surface area contributed by atoms with Crippen LogP contribution >= 0.6 is 0 Å². The SMILES string of the molecule is COc1cc(OC)nc(NC(=O)NS(=O)(=O)N(C)S(C)(=O)=O)n1.COc1cc(OC)nc(NC(=O)NS(=O)(=O)N(C)S(C)(=O)=O)n1. The van der Waals surface area contributed by atoms with Crippen LogP contribution in [0.1, 0.15) is 0 Å². The highest BCUT2D eigenvalue weighted by atomic mass is 32.3. The van der Waals surface area contributed by atoms with E-state index in [1.165, 1.54) is 50.0 Å². The number of sulfonamides is 2. The fourth-order valence-corrected chi connectivity index (χ4v) is 6.21. The number of hydrogen-bond acceptors (Lipinski definition) is 18. The van der Waals surface area contributed by atoms with E-state index in [2.05, 4.69) is 19.9 Å². The predicted octanol–water partition coefficient (Wildman–Crippen LogP) is -2.50. The van der Waals surface area contributed by atoms with Crippen LogP contribution in [0.5, 0.6) is 23.5 Å². The lowest BCUT2D eigenvalue weighted by Crippen LogP contribution is -2.45. The molecule has 0 bridgehead atoms. The summed E-state index contributed by atoms with van der Waals surface area (Å²) in [6.07, 6.45) is 1.33. The van der Waals surface area contributed by atoms with E-state index in [-0.39, 0.29) is 42.8 Å². The average molecular weight is 739 g/mol. The zero-order valence-electron chi connectivity index (χ0n) is 25.2. The standard InChI is InChI=1S/2C9H15N5O7S2/c2*1-14(22(4,16)17)23(18,19)13-9(15)12-8-10-6(20-2)5-7(11-8)21-3/h2*5H,1-4H3,(H2,10,11,12,13,15). The summed E-state index contributed by atoms with van der Waals surface area (Å²) in [7, 11) is -10.5. The highest BCUT2D eigenvalue weighted by Gasteiger charge is 2.29. The Balaban J connectivity index is 0.000000460. The Labute approximate surface area is 264 Å². The zero-order chi connectivity index (χ0) is 35.7. The molecular weight excluding hydrogens is 709 g/mol. The number of nitrogens with one attached hydrogen (secondary N) is 4. The molecule has 0 aromatic carbocycles. The quantitative estimate of drug-likeness (QED) is 0.175. The summed E-state index contributed by atoms with van der Waals surface area (Å²) in [6.45, 7) is 0. The molecule has 2 rings (SSSR count). The smallest absolute Gasteiger partial charge is 0.336 e. The van der Waals surface area contributed by atoms with E-state index in [0.29, 0.717) is 12.5 Å². The largest absolute Gasteiger partial charge is 0.481 e. The number of nitrogens with zero attached hydrogens (tertiary/aromatic N) is 6. The lowest BCUT2D eigenvalue weighted by molar-refractivity contribution is 0.255. The first kappa shape index (κ1) is 39.6. The van der Waals surface area contributed by atoms with Crippen molar-refractivity contribution in [3.05, 3.63) is 12.1 Å². The van der Waals surface area contributed by atoms with Crippen molar-refractivity contribution in [2.45, 2.75) is 0 Å². The Hall–Kier alpha value is -4.38. The van der Waals surface area contributed by atoms with Crippen LogP contribution in [0.2, 0.25) is 0 Å². The van der Waals surface area contributed by atoms with Crippen LogP contribution in [0.25, 0.3) is 0 Å². The molecule has 0 radical (unpaired) electrons. The number of carbonyl (C=O) groups is 2. The summed E-state index contributed by atoms with van der Waals surface area (Å²) in [5, 5.41) is 4.04. The van der Waals surface area contributed by atoms with Gasteiger partial charge in [-0.15, -0.1) is 0 Å². The average Bonchev–Trinajstić information content (AvgIpc) is 2.94. The van der Waals surface area contributed by atoms with Gasteiger partial charge in [0.1, 0.15) is 0 Å². The Bertz CT molecular complexity index is 1680. The zero-order valence-corrected chi connectivity index (χ0v) is 28.5. The first-order valence-corrected chi connectivity index (χ1v) is 18.1. The minimum Gasteiger partial charge on any atom is -0.481 e. The van der Waals surface area contributed by atoms with Crippen LogP contribution in [-0.2, 0) is 40.5 Å². The lowest BCUT2D eigenvalue weighted by atomic mass is 10.6. The molecule has 0 fully saturated rings. The molecule has 46 heavy (non-hydrogen) atoms. The van der Waals surface area contributed by atoms with Crippen LogP contribution in [0.4, 0.5) is 21.5 Å². The Kier molecular flexibility index (Phi) is 13.6. The summed E-state index contributed by atoms with van der Waals surface area (Å²) in [4.78, 5) is 38.4. The predicted molar refractivity (Wildman–Crippen MR) is 158 cm³/mol. The number of carbonyl (C=O) groups excluding carboxylic acids is 2. The van der Waals surface area contributed by atoms with E-state index in [4.69, 9.17) is 18.9 Å². The molecule has 0 aliphatic heterocycles. The Morgan fingerprint density at radius 1 is 0.565 bits per heavy atom. The van der Waals surface area contributed by atoms with Gasteiger partial charge in [-0.05, 0) is 0 Å². The molecule has 0 aliphatic carbocycles. The molecule has 0 spiro atoms. The van der Waals surface area contributed by atoms with Crippen LogP contribution in [-0.4, -0.2) is 128 Å². The minimum atomic E-state index is -4.60. The molecular formula is C18H30N10O14S4. The second kappa shape index (κ2) is 15.8. The third-order valence-electron chi connectivity index (χ3n) is 4.70. The van der Waals surface area contributed by atoms with Gasteiger partial charge in [0, 0.05) is 14.1 Å². The summed E-state index contributed by atoms with van der Waals surface area (Å²) >= 11 is 0. The Morgan fingerprint density at radius 2 is 0.804 bits per heavy atom. The molecule has 4 N–H and O–H groups in total. The number of ether oxygens (including phenoxy) is 4. The van der Waals surface area contributed by atoms with Gasteiger partial charge in [-0.1, -0.05) is 7.42 Å². The molecule has 4 amide bonds. The van der Waals surface area contributed by atoms with Crippen molar-refractivity contribution < 1.29 is 62.2 Å². The highest BCUT2D eigenvalue weighted by molar-refractivity contribution is 8.03. The van der Waals surface area contributed by atoms with Gasteiger partial charge in [0.05, 0.1) is 53.1 Å². The van der Waals surface area contributed by atoms with Gasteiger partial charge in [0.2, 0.25) is 55.5 Å². The number of methoxy groups -OCH3 is 4. The number of aromatic nitrogens is 4. The van der Waals surface area contributed by atoms with Gasteiger partial charge in [-0.25, -0.2) is 35.9 Å². The summed E-state index contributed by atoms with van der Waals surface area (Å²) in [5.41, 5.74) is 0. The van der Waals surface area contributed by atoms with Crippen molar-refractivity contribution in [1.29, 1.82) is 0 Å². The number of amides is 4. The van der Waals surface area contributed by atoms with Crippen molar-refractivity contribution in [3.8, 4) is 23.5 Å². The maximum Gasteiger partial charge on any atom is 0.336 e. The van der Waals surface area contributed by atoms with Gasteiger partial charge in [-0.2, -0.15) is 36.8 Å². The highest BCUT2D eigenvalue weighted by Crippen LogP contribution is 2.18. The van der Waals surface area contributed by atoms with Gasteiger partial charge in [0.25, 0.3) is 0 Å². The van der Waals surface area contributed by atoms with E-state index in [1.807, 2.05) is 10.6 Å². The fraction of sp³-hybridized carbons (Fsp3) is 0.444. The number of anilines is 2. The van der Waals surface area contributed by atoms with Gasteiger partial charge >= 0.3 is 32.5 Å². The summed E-state index contributed by atoms with van der Waals surface area (Å²) in [5.74, 6) is -0.384. The molecule has 28 heteroatoms. The lowest BCUT2D eigenvalue weighted by Gasteiger charge is -2.15. The van der Waals surface area contributed by atoms with Crippen molar-refractivity contribution in [1.82, 2.24) is 36.8 Å². The van der Waals surface area contributed by atoms with Crippen LogP contribution < -0.4 is 39.0 Å². The molecule has 24 nitrogen and oxygen atoms in total. The summed E-state index contributed by atoms with van der Waals surface area (Å²) in [6, 6.07) is 0.126. The van der Waals surface area contributed by atoms with Crippen molar-refractivity contribution in [2.24, 2.45) is 0 Å². The molecule has 0 aliphatic rings. The third-order valence-corrected chi connectivity index (χ3v) is 11.6.